The minimum absolute atomic E-state index is 0.375. The Labute approximate surface area is 169 Å². The van der Waals surface area contributed by atoms with Crippen LogP contribution in [0.3, 0.4) is 0 Å². The SMILES string of the molecule is O=C(Nc1nc(-c2ccccc2)cs1)C1CSC(c2ccncc2)N1C(=O)O. The second-order valence-electron chi connectivity index (χ2n) is 6.07. The van der Waals surface area contributed by atoms with Gasteiger partial charge in [-0.1, -0.05) is 30.3 Å². The molecular formula is C19H16N4O3S2. The Morgan fingerprint density at radius 1 is 1.14 bits per heavy atom. The average molecular weight is 412 g/mol. The van der Waals surface area contributed by atoms with Crippen molar-refractivity contribution in [3.8, 4) is 11.3 Å². The summed E-state index contributed by atoms with van der Waals surface area (Å²) in [6.45, 7) is 0. The van der Waals surface area contributed by atoms with E-state index in [1.165, 1.54) is 28.0 Å². The van der Waals surface area contributed by atoms with Crippen LogP contribution in [-0.2, 0) is 4.79 Å². The molecule has 0 spiro atoms. The highest BCUT2D eigenvalue weighted by Gasteiger charge is 2.42. The fraction of sp³-hybridized carbons (Fsp3) is 0.158. The van der Waals surface area contributed by atoms with Crippen LogP contribution >= 0.6 is 23.1 Å². The number of thioether (sulfide) groups is 1. The largest absolute Gasteiger partial charge is 0.465 e. The Hall–Kier alpha value is -2.91. The Morgan fingerprint density at radius 2 is 1.89 bits per heavy atom. The first-order valence-electron chi connectivity index (χ1n) is 8.48. The summed E-state index contributed by atoms with van der Waals surface area (Å²) >= 11 is 2.73. The van der Waals surface area contributed by atoms with E-state index in [1.54, 1.807) is 24.5 Å². The molecule has 0 saturated carbocycles. The lowest BCUT2D eigenvalue weighted by Crippen LogP contribution is -2.44. The van der Waals surface area contributed by atoms with Crippen molar-refractivity contribution in [2.24, 2.45) is 0 Å². The maximum absolute atomic E-state index is 12.8. The van der Waals surface area contributed by atoms with Gasteiger partial charge in [-0.15, -0.1) is 23.1 Å². The van der Waals surface area contributed by atoms with E-state index in [9.17, 15) is 14.7 Å². The zero-order valence-corrected chi connectivity index (χ0v) is 16.2. The predicted molar refractivity (Wildman–Crippen MR) is 109 cm³/mol. The van der Waals surface area contributed by atoms with Crippen LogP contribution in [-0.4, -0.2) is 43.8 Å². The third-order valence-corrected chi connectivity index (χ3v) is 6.40. The molecule has 0 bridgehead atoms. The predicted octanol–water partition coefficient (Wildman–Crippen LogP) is 3.94. The number of carbonyl (C=O) groups is 2. The molecule has 2 N–H and O–H groups in total. The number of amides is 2. The highest BCUT2D eigenvalue weighted by Crippen LogP contribution is 2.41. The molecule has 2 aromatic heterocycles. The quantitative estimate of drug-likeness (QED) is 0.674. The number of nitrogens with zero attached hydrogens (tertiary/aromatic N) is 3. The summed E-state index contributed by atoms with van der Waals surface area (Å²) in [5, 5.41) is 14.3. The van der Waals surface area contributed by atoms with Crippen LogP contribution in [0.1, 0.15) is 10.9 Å². The van der Waals surface area contributed by atoms with Crippen LogP contribution in [0.4, 0.5) is 9.93 Å². The highest BCUT2D eigenvalue weighted by atomic mass is 32.2. The smallest absolute Gasteiger partial charge is 0.409 e. The van der Waals surface area contributed by atoms with Gasteiger partial charge in [-0.05, 0) is 17.7 Å². The number of carboxylic acid groups (broad SMARTS) is 1. The van der Waals surface area contributed by atoms with E-state index < -0.39 is 17.5 Å². The van der Waals surface area contributed by atoms with Gasteiger partial charge in [-0.25, -0.2) is 9.78 Å². The summed E-state index contributed by atoms with van der Waals surface area (Å²) in [5.74, 6) is 0.00241. The third-order valence-electron chi connectivity index (χ3n) is 4.32. The molecule has 1 saturated heterocycles. The van der Waals surface area contributed by atoms with Gasteiger partial charge < -0.3 is 10.4 Å². The number of nitrogens with one attached hydrogen (secondary N) is 1. The van der Waals surface area contributed by atoms with Crippen molar-refractivity contribution >= 4 is 40.2 Å². The Morgan fingerprint density at radius 3 is 2.61 bits per heavy atom. The van der Waals surface area contributed by atoms with Gasteiger partial charge in [-0.2, -0.15) is 0 Å². The first-order valence-corrected chi connectivity index (χ1v) is 10.4. The molecule has 1 aliphatic rings. The van der Waals surface area contributed by atoms with E-state index in [0.29, 0.717) is 10.9 Å². The second kappa shape index (κ2) is 7.99. The first kappa shape index (κ1) is 18.5. The molecule has 142 valence electrons. The number of anilines is 1. The third kappa shape index (κ3) is 3.71. The van der Waals surface area contributed by atoms with E-state index in [2.05, 4.69) is 15.3 Å². The minimum Gasteiger partial charge on any atom is -0.465 e. The van der Waals surface area contributed by atoms with Crippen molar-refractivity contribution in [2.75, 3.05) is 11.1 Å². The van der Waals surface area contributed by atoms with Crippen LogP contribution < -0.4 is 5.32 Å². The van der Waals surface area contributed by atoms with E-state index in [0.717, 1.165) is 16.8 Å². The number of benzene rings is 1. The zero-order chi connectivity index (χ0) is 19.5. The van der Waals surface area contributed by atoms with Crippen molar-refractivity contribution in [3.05, 3.63) is 65.8 Å². The van der Waals surface area contributed by atoms with Crippen molar-refractivity contribution in [2.45, 2.75) is 11.4 Å². The van der Waals surface area contributed by atoms with E-state index in [4.69, 9.17) is 0 Å². The molecule has 7 nitrogen and oxygen atoms in total. The summed E-state index contributed by atoms with van der Waals surface area (Å²) in [4.78, 5) is 34.2. The van der Waals surface area contributed by atoms with Gasteiger partial charge in [0.05, 0.1) is 5.69 Å². The van der Waals surface area contributed by atoms with E-state index >= 15 is 0 Å². The zero-order valence-electron chi connectivity index (χ0n) is 14.6. The molecule has 1 aromatic carbocycles. The fourth-order valence-electron chi connectivity index (χ4n) is 2.99. The number of hydrogen-bond donors (Lipinski definition) is 2. The van der Waals surface area contributed by atoms with Crippen molar-refractivity contribution in [1.29, 1.82) is 0 Å². The molecule has 2 amide bonds. The molecule has 2 atom stereocenters. The number of carbonyl (C=O) groups excluding carboxylic acids is 1. The van der Waals surface area contributed by atoms with Crippen LogP contribution in [0.15, 0.2) is 60.2 Å². The summed E-state index contributed by atoms with van der Waals surface area (Å²) in [5.41, 5.74) is 2.53. The molecule has 2 unspecified atom stereocenters. The number of rotatable bonds is 4. The summed E-state index contributed by atoms with van der Waals surface area (Å²) in [7, 11) is 0. The van der Waals surface area contributed by atoms with Crippen molar-refractivity contribution in [3.63, 3.8) is 0 Å². The maximum Gasteiger partial charge on any atom is 0.409 e. The molecule has 1 fully saturated rings. The van der Waals surface area contributed by atoms with Crippen LogP contribution in [0.25, 0.3) is 11.3 Å². The molecule has 4 rings (SSSR count). The van der Waals surface area contributed by atoms with Crippen molar-refractivity contribution in [1.82, 2.24) is 14.9 Å². The van der Waals surface area contributed by atoms with Gasteiger partial charge in [0.2, 0.25) is 5.91 Å². The second-order valence-corrected chi connectivity index (χ2v) is 8.04. The number of thiazole rings is 1. The van der Waals surface area contributed by atoms with Gasteiger partial charge in [0.25, 0.3) is 0 Å². The maximum atomic E-state index is 12.8. The van der Waals surface area contributed by atoms with Crippen LogP contribution in [0.2, 0.25) is 0 Å². The van der Waals surface area contributed by atoms with Gasteiger partial charge in [0.1, 0.15) is 11.4 Å². The van der Waals surface area contributed by atoms with Crippen LogP contribution in [0, 0.1) is 0 Å². The molecule has 3 heterocycles. The summed E-state index contributed by atoms with van der Waals surface area (Å²) in [6, 6.07) is 12.4. The van der Waals surface area contributed by atoms with Gasteiger partial charge in [0, 0.05) is 29.1 Å². The molecule has 3 aromatic rings. The molecule has 0 aliphatic carbocycles. The fourth-order valence-corrected chi connectivity index (χ4v) is 5.13. The number of hydrogen-bond acceptors (Lipinski definition) is 6. The normalized spacial score (nSPS) is 18.8. The van der Waals surface area contributed by atoms with Crippen LogP contribution in [0.5, 0.6) is 0 Å². The number of pyridine rings is 1. The molecule has 28 heavy (non-hydrogen) atoms. The minimum atomic E-state index is -1.13. The van der Waals surface area contributed by atoms with E-state index in [-0.39, 0.29) is 5.91 Å². The van der Waals surface area contributed by atoms with Crippen molar-refractivity contribution < 1.29 is 14.7 Å². The Balaban J connectivity index is 1.50. The first-order chi connectivity index (χ1) is 13.6. The van der Waals surface area contributed by atoms with Gasteiger partial charge in [-0.3, -0.25) is 14.7 Å². The standard InChI is InChI=1S/C19H16N4O3S2/c24-16(22-18-21-14(10-28-18)12-4-2-1-3-5-12)15-11-27-17(23(15)19(25)26)13-6-8-20-9-7-13/h1-10,15,17H,11H2,(H,25,26)(H,21,22,24). The lowest BCUT2D eigenvalue weighted by Gasteiger charge is -2.25. The Kier molecular flexibility index (Phi) is 5.27. The monoisotopic (exact) mass is 412 g/mol. The molecule has 9 heteroatoms. The van der Waals surface area contributed by atoms with E-state index in [1.807, 2.05) is 35.7 Å². The molecular weight excluding hydrogens is 396 g/mol. The van der Waals surface area contributed by atoms with Gasteiger partial charge in [0.15, 0.2) is 5.13 Å². The lowest BCUT2D eigenvalue weighted by atomic mass is 10.2. The molecule has 0 radical (unpaired) electrons. The average Bonchev–Trinajstić information content (AvgIpc) is 3.36. The molecule has 1 aliphatic heterocycles. The van der Waals surface area contributed by atoms with Gasteiger partial charge >= 0.3 is 6.09 Å². The highest BCUT2D eigenvalue weighted by molar-refractivity contribution is 7.99. The number of aromatic nitrogens is 2. The summed E-state index contributed by atoms with van der Waals surface area (Å²) in [6.07, 6.45) is 2.10. The topological polar surface area (TPSA) is 95.4 Å². The lowest BCUT2D eigenvalue weighted by molar-refractivity contribution is -0.119. The summed E-state index contributed by atoms with van der Waals surface area (Å²) < 4.78 is 0. The Bertz CT molecular complexity index is 981.